The van der Waals surface area contributed by atoms with E-state index in [-0.39, 0.29) is 11.0 Å². The van der Waals surface area contributed by atoms with Crippen LogP contribution < -0.4 is 9.04 Å². The molecular formula is C22H21NO4S. The van der Waals surface area contributed by atoms with Crippen molar-refractivity contribution in [1.29, 1.82) is 0 Å². The van der Waals surface area contributed by atoms with Crippen molar-refractivity contribution < 1.29 is 17.9 Å². The van der Waals surface area contributed by atoms with Crippen LogP contribution in [0.1, 0.15) is 5.56 Å². The number of hydrogen-bond donors (Lipinski definition) is 0. The smallest absolute Gasteiger partial charge is 0.269 e. The van der Waals surface area contributed by atoms with Gasteiger partial charge in [-0.15, -0.1) is 0 Å². The molecule has 0 spiro atoms. The zero-order valence-electron chi connectivity index (χ0n) is 15.5. The Kier molecular flexibility index (Phi) is 5.07. The van der Waals surface area contributed by atoms with Gasteiger partial charge in [0.1, 0.15) is 18.5 Å². The predicted octanol–water partition coefficient (Wildman–Crippen LogP) is 4.30. The van der Waals surface area contributed by atoms with E-state index in [0.29, 0.717) is 35.9 Å². The maximum atomic E-state index is 13.7. The number of epoxide rings is 1. The van der Waals surface area contributed by atoms with Gasteiger partial charge in [0.05, 0.1) is 22.9 Å². The van der Waals surface area contributed by atoms with Gasteiger partial charge in [-0.05, 0) is 43.3 Å². The highest BCUT2D eigenvalue weighted by molar-refractivity contribution is 7.93. The summed E-state index contributed by atoms with van der Waals surface area (Å²) in [6.07, 6.45) is 0.102. The zero-order valence-corrected chi connectivity index (χ0v) is 16.3. The topological polar surface area (TPSA) is 59.1 Å². The van der Waals surface area contributed by atoms with Crippen molar-refractivity contribution in [2.45, 2.75) is 17.9 Å². The second-order valence-corrected chi connectivity index (χ2v) is 8.34. The van der Waals surface area contributed by atoms with E-state index in [1.807, 2.05) is 36.4 Å². The average Bonchev–Trinajstić information content (AvgIpc) is 3.53. The van der Waals surface area contributed by atoms with Gasteiger partial charge in [0.25, 0.3) is 10.0 Å². The third kappa shape index (κ3) is 3.74. The summed E-state index contributed by atoms with van der Waals surface area (Å²) in [6.45, 7) is 2.88. The molecule has 1 fully saturated rings. The van der Waals surface area contributed by atoms with Crippen LogP contribution in [0.15, 0.2) is 83.8 Å². The summed E-state index contributed by atoms with van der Waals surface area (Å²) in [4.78, 5) is 0.217. The van der Waals surface area contributed by atoms with Crippen LogP contribution in [-0.2, 0) is 14.8 Å². The van der Waals surface area contributed by atoms with Gasteiger partial charge < -0.3 is 9.47 Å². The molecule has 1 aliphatic heterocycles. The van der Waals surface area contributed by atoms with Crippen molar-refractivity contribution in [3.05, 3.63) is 84.4 Å². The summed E-state index contributed by atoms with van der Waals surface area (Å²) >= 11 is 0. The van der Waals surface area contributed by atoms with Gasteiger partial charge in [0.2, 0.25) is 0 Å². The van der Waals surface area contributed by atoms with Gasteiger partial charge in [0, 0.05) is 5.56 Å². The van der Waals surface area contributed by atoms with Gasteiger partial charge in [-0.3, -0.25) is 0 Å². The predicted molar refractivity (Wildman–Crippen MR) is 109 cm³/mol. The van der Waals surface area contributed by atoms with Crippen LogP contribution in [-0.4, -0.2) is 27.7 Å². The van der Waals surface area contributed by atoms with Gasteiger partial charge in [-0.2, -0.15) is 0 Å². The van der Waals surface area contributed by atoms with Crippen LogP contribution in [0.5, 0.6) is 5.75 Å². The summed E-state index contributed by atoms with van der Waals surface area (Å²) in [5.74, 6) is 0.553. The molecule has 144 valence electrons. The Morgan fingerprint density at radius 2 is 1.50 bits per heavy atom. The maximum Gasteiger partial charge on any atom is 0.269 e. The van der Waals surface area contributed by atoms with E-state index in [4.69, 9.17) is 9.47 Å². The molecule has 1 saturated heterocycles. The lowest BCUT2D eigenvalue weighted by atomic mass is 10.2. The Balaban J connectivity index is 1.79. The van der Waals surface area contributed by atoms with Crippen molar-refractivity contribution in [3.8, 4) is 5.75 Å². The van der Waals surface area contributed by atoms with E-state index >= 15 is 0 Å². The Morgan fingerprint density at radius 1 is 0.929 bits per heavy atom. The standard InChI is InChI=1S/C22H21NO4S/c1-17-21(27-16-20-15-26-20)13-8-14-22(17)28(24,25)23(18-9-4-2-5-10-18)19-11-6-3-7-12-19/h2-14,20H,15-16H2,1H3. The first-order valence-electron chi connectivity index (χ1n) is 9.07. The summed E-state index contributed by atoms with van der Waals surface area (Å²) in [5.41, 5.74) is 1.73. The highest BCUT2D eigenvalue weighted by Gasteiger charge is 2.29. The number of benzene rings is 3. The van der Waals surface area contributed by atoms with Crippen molar-refractivity contribution in [3.63, 3.8) is 0 Å². The van der Waals surface area contributed by atoms with Crippen LogP contribution in [0.25, 0.3) is 0 Å². The number of nitrogens with zero attached hydrogens (tertiary/aromatic N) is 1. The number of para-hydroxylation sites is 2. The molecule has 6 heteroatoms. The van der Waals surface area contributed by atoms with E-state index in [1.54, 1.807) is 49.4 Å². The second-order valence-electron chi connectivity index (χ2n) is 6.59. The summed E-state index contributed by atoms with van der Waals surface area (Å²) in [7, 11) is -3.86. The molecule has 0 aliphatic carbocycles. The van der Waals surface area contributed by atoms with Crippen LogP contribution in [0.4, 0.5) is 11.4 Å². The normalized spacial score (nSPS) is 15.8. The Hall–Kier alpha value is -2.83. The number of hydrogen-bond acceptors (Lipinski definition) is 4. The molecule has 0 saturated carbocycles. The van der Waals surface area contributed by atoms with Crippen LogP contribution in [0.3, 0.4) is 0 Å². The molecule has 0 radical (unpaired) electrons. The highest BCUT2D eigenvalue weighted by atomic mass is 32.2. The Morgan fingerprint density at radius 3 is 2.04 bits per heavy atom. The summed E-state index contributed by atoms with van der Waals surface area (Å²) in [5, 5.41) is 0. The third-order valence-electron chi connectivity index (χ3n) is 4.56. The average molecular weight is 395 g/mol. The van der Waals surface area contributed by atoms with Gasteiger partial charge in [0.15, 0.2) is 0 Å². The first kappa shape index (κ1) is 18.5. The van der Waals surface area contributed by atoms with Crippen molar-refractivity contribution in [2.24, 2.45) is 0 Å². The highest BCUT2D eigenvalue weighted by Crippen LogP contribution is 2.35. The van der Waals surface area contributed by atoms with Crippen molar-refractivity contribution in [1.82, 2.24) is 0 Å². The quantitative estimate of drug-likeness (QED) is 0.560. The molecule has 0 aromatic heterocycles. The lowest BCUT2D eigenvalue weighted by Crippen LogP contribution is -2.27. The molecule has 28 heavy (non-hydrogen) atoms. The van der Waals surface area contributed by atoms with E-state index in [2.05, 4.69) is 0 Å². The van der Waals surface area contributed by atoms with E-state index in [0.717, 1.165) is 0 Å². The van der Waals surface area contributed by atoms with E-state index in [9.17, 15) is 8.42 Å². The molecule has 3 aromatic rings. The Bertz CT molecular complexity index is 1010. The summed E-state index contributed by atoms with van der Waals surface area (Å²) < 4.78 is 39.7. The van der Waals surface area contributed by atoms with E-state index in [1.165, 1.54) is 4.31 Å². The van der Waals surface area contributed by atoms with Crippen molar-refractivity contribution in [2.75, 3.05) is 17.5 Å². The zero-order chi connectivity index (χ0) is 19.6. The minimum Gasteiger partial charge on any atom is -0.490 e. The van der Waals surface area contributed by atoms with Gasteiger partial charge in [-0.1, -0.05) is 42.5 Å². The Labute approximate surface area is 165 Å². The molecule has 0 bridgehead atoms. The maximum absolute atomic E-state index is 13.7. The fourth-order valence-electron chi connectivity index (χ4n) is 3.03. The molecule has 1 aliphatic rings. The number of ether oxygens (including phenoxy) is 2. The van der Waals surface area contributed by atoms with Crippen LogP contribution in [0.2, 0.25) is 0 Å². The lowest BCUT2D eigenvalue weighted by molar-refractivity contribution is 0.261. The minimum absolute atomic E-state index is 0.102. The number of rotatable bonds is 7. The molecule has 1 heterocycles. The largest absolute Gasteiger partial charge is 0.490 e. The monoisotopic (exact) mass is 395 g/mol. The van der Waals surface area contributed by atoms with Crippen LogP contribution >= 0.6 is 0 Å². The molecule has 0 amide bonds. The molecular weight excluding hydrogens is 374 g/mol. The first-order chi connectivity index (χ1) is 13.6. The van der Waals surface area contributed by atoms with Crippen LogP contribution in [0, 0.1) is 6.92 Å². The SMILES string of the molecule is Cc1c(OCC2CO2)cccc1S(=O)(=O)N(c1ccccc1)c1ccccc1. The number of anilines is 2. The lowest BCUT2D eigenvalue weighted by Gasteiger charge is -2.26. The van der Waals surface area contributed by atoms with Crippen molar-refractivity contribution >= 4 is 21.4 Å². The third-order valence-corrected chi connectivity index (χ3v) is 6.46. The fourth-order valence-corrected chi connectivity index (χ4v) is 4.76. The molecule has 5 nitrogen and oxygen atoms in total. The second kappa shape index (κ2) is 7.66. The summed E-state index contributed by atoms with van der Waals surface area (Å²) in [6, 6.07) is 23.2. The molecule has 4 rings (SSSR count). The minimum atomic E-state index is -3.86. The molecule has 1 atom stereocenters. The van der Waals surface area contributed by atoms with Gasteiger partial charge >= 0.3 is 0 Å². The molecule has 3 aromatic carbocycles. The first-order valence-corrected chi connectivity index (χ1v) is 10.5. The van der Waals surface area contributed by atoms with E-state index < -0.39 is 10.0 Å². The fraction of sp³-hybridized carbons (Fsp3) is 0.182. The number of sulfonamides is 1. The molecule has 0 N–H and O–H groups in total. The van der Waals surface area contributed by atoms with Gasteiger partial charge in [-0.25, -0.2) is 12.7 Å². The molecule has 1 unspecified atom stereocenters.